The van der Waals surface area contributed by atoms with E-state index in [-0.39, 0.29) is 6.04 Å². The standard InChI is InChI=1S/C13H25F3N2/c1-3-11(4-2)9-18(10-13(14,15)16)12-5-7-17-8-6-12/h11-12,17H,3-10H2,1-2H3. The Morgan fingerprint density at radius 3 is 2.17 bits per heavy atom. The predicted octanol–water partition coefficient (Wildman–Crippen LogP) is 3.04. The van der Waals surface area contributed by atoms with E-state index in [0.717, 1.165) is 38.8 Å². The van der Waals surface area contributed by atoms with Crippen LogP contribution in [0.25, 0.3) is 0 Å². The number of hydrogen-bond acceptors (Lipinski definition) is 2. The number of halogens is 3. The van der Waals surface area contributed by atoms with Gasteiger partial charge in [-0.15, -0.1) is 0 Å². The van der Waals surface area contributed by atoms with E-state index in [1.807, 2.05) is 0 Å². The van der Waals surface area contributed by atoms with Crippen LogP contribution in [0, 0.1) is 5.92 Å². The number of nitrogens with zero attached hydrogens (tertiary/aromatic N) is 1. The molecule has 1 saturated heterocycles. The third-order valence-corrected chi connectivity index (χ3v) is 3.85. The van der Waals surface area contributed by atoms with Crippen molar-refractivity contribution in [3.8, 4) is 0 Å². The molecular formula is C13H25F3N2. The van der Waals surface area contributed by atoms with E-state index in [1.165, 1.54) is 0 Å². The summed E-state index contributed by atoms with van der Waals surface area (Å²) in [6.07, 6.45) is -0.519. The van der Waals surface area contributed by atoms with Crippen molar-refractivity contribution in [1.29, 1.82) is 0 Å². The molecule has 0 aliphatic carbocycles. The lowest BCUT2D eigenvalue weighted by molar-refractivity contribution is -0.153. The van der Waals surface area contributed by atoms with Gasteiger partial charge in [0.15, 0.2) is 0 Å². The molecular weight excluding hydrogens is 241 g/mol. The molecule has 0 bridgehead atoms. The van der Waals surface area contributed by atoms with Crippen LogP contribution >= 0.6 is 0 Å². The van der Waals surface area contributed by atoms with Gasteiger partial charge in [0.2, 0.25) is 0 Å². The van der Waals surface area contributed by atoms with Gasteiger partial charge in [-0.05, 0) is 31.8 Å². The lowest BCUT2D eigenvalue weighted by atomic mass is 9.99. The lowest BCUT2D eigenvalue weighted by Crippen LogP contribution is -2.48. The van der Waals surface area contributed by atoms with Crippen LogP contribution in [0.15, 0.2) is 0 Å². The molecule has 1 fully saturated rings. The Labute approximate surface area is 108 Å². The third-order valence-electron chi connectivity index (χ3n) is 3.85. The first-order valence-corrected chi connectivity index (χ1v) is 6.97. The molecule has 0 aromatic carbocycles. The van der Waals surface area contributed by atoms with Crippen LogP contribution in [-0.2, 0) is 0 Å². The maximum absolute atomic E-state index is 12.7. The Morgan fingerprint density at radius 2 is 1.72 bits per heavy atom. The molecule has 1 aliphatic heterocycles. The second kappa shape index (κ2) is 7.34. The van der Waals surface area contributed by atoms with Crippen molar-refractivity contribution in [3.63, 3.8) is 0 Å². The SMILES string of the molecule is CCC(CC)CN(CC(F)(F)F)C1CCNCC1. The maximum atomic E-state index is 12.7. The number of nitrogens with one attached hydrogen (secondary N) is 1. The molecule has 0 radical (unpaired) electrons. The second-order valence-corrected chi connectivity index (χ2v) is 5.21. The summed E-state index contributed by atoms with van der Waals surface area (Å²) in [6, 6.07) is 0.0912. The van der Waals surface area contributed by atoms with Crippen molar-refractivity contribution in [1.82, 2.24) is 10.2 Å². The Hall–Kier alpha value is -0.290. The molecule has 0 amide bonds. The van der Waals surface area contributed by atoms with Gasteiger partial charge in [0, 0.05) is 12.6 Å². The van der Waals surface area contributed by atoms with Crippen LogP contribution in [0.2, 0.25) is 0 Å². The van der Waals surface area contributed by atoms with Crippen LogP contribution in [0.5, 0.6) is 0 Å². The molecule has 0 spiro atoms. The molecule has 0 unspecified atom stereocenters. The first-order valence-electron chi connectivity index (χ1n) is 6.97. The highest BCUT2D eigenvalue weighted by Gasteiger charge is 2.34. The summed E-state index contributed by atoms with van der Waals surface area (Å²) in [5, 5.41) is 3.21. The monoisotopic (exact) mass is 266 g/mol. The summed E-state index contributed by atoms with van der Waals surface area (Å²) >= 11 is 0. The smallest absolute Gasteiger partial charge is 0.317 e. The third kappa shape index (κ3) is 5.57. The number of hydrogen-bond donors (Lipinski definition) is 1. The Balaban J connectivity index is 2.61. The Kier molecular flexibility index (Phi) is 6.43. The largest absolute Gasteiger partial charge is 0.401 e. The van der Waals surface area contributed by atoms with E-state index < -0.39 is 12.7 Å². The molecule has 1 heterocycles. The zero-order chi connectivity index (χ0) is 13.6. The topological polar surface area (TPSA) is 15.3 Å². The first-order chi connectivity index (χ1) is 8.46. The maximum Gasteiger partial charge on any atom is 0.401 e. The van der Waals surface area contributed by atoms with Gasteiger partial charge in [-0.3, -0.25) is 4.90 Å². The van der Waals surface area contributed by atoms with Gasteiger partial charge in [-0.1, -0.05) is 26.7 Å². The summed E-state index contributed by atoms with van der Waals surface area (Å²) in [5.74, 6) is 0.377. The van der Waals surface area contributed by atoms with Crippen molar-refractivity contribution in [2.45, 2.75) is 51.7 Å². The van der Waals surface area contributed by atoms with Crippen molar-refractivity contribution >= 4 is 0 Å². The summed E-state index contributed by atoms with van der Waals surface area (Å²) < 4.78 is 38.0. The van der Waals surface area contributed by atoms with Crippen molar-refractivity contribution in [2.24, 2.45) is 5.92 Å². The fraction of sp³-hybridized carbons (Fsp3) is 1.00. The minimum absolute atomic E-state index is 0.0912. The fourth-order valence-electron chi connectivity index (χ4n) is 2.62. The molecule has 0 aromatic rings. The van der Waals surface area contributed by atoms with Crippen LogP contribution in [0.1, 0.15) is 39.5 Å². The van der Waals surface area contributed by atoms with Crippen molar-refractivity contribution in [2.75, 3.05) is 26.2 Å². The zero-order valence-electron chi connectivity index (χ0n) is 11.4. The number of piperidine rings is 1. The molecule has 0 atom stereocenters. The summed E-state index contributed by atoms with van der Waals surface area (Å²) in [7, 11) is 0. The molecule has 5 heteroatoms. The normalized spacial score (nSPS) is 18.8. The molecule has 1 rings (SSSR count). The van der Waals surface area contributed by atoms with E-state index in [4.69, 9.17) is 0 Å². The summed E-state index contributed by atoms with van der Waals surface area (Å²) in [4.78, 5) is 1.67. The average Bonchev–Trinajstić information content (AvgIpc) is 2.34. The Bertz CT molecular complexity index is 221. The highest BCUT2D eigenvalue weighted by Crippen LogP contribution is 2.23. The average molecular weight is 266 g/mol. The highest BCUT2D eigenvalue weighted by molar-refractivity contribution is 4.80. The van der Waals surface area contributed by atoms with Crippen LogP contribution in [-0.4, -0.2) is 43.3 Å². The van der Waals surface area contributed by atoms with Gasteiger partial charge in [-0.25, -0.2) is 0 Å². The molecule has 18 heavy (non-hydrogen) atoms. The van der Waals surface area contributed by atoms with Gasteiger partial charge < -0.3 is 5.32 Å². The van der Waals surface area contributed by atoms with Crippen molar-refractivity contribution < 1.29 is 13.2 Å². The molecule has 1 N–H and O–H groups in total. The van der Waals surface area contributed by atoms with E-state index in [0.29, 0.717) is 12.5 Å². The zero-order valence-corrected chi connectivity index (χ0v) is 11.4. The first kappa shape index (κ1) is 15.8. The van der Waals surface area contributed by atoms with Gasteiger partial charge in [-0.2, -0.15) is 13.2 Å². The van der Waals surface area contributed by atoms with Crippen LogP contribution in [0.4, 0.5) is 13.2 Å². The highest BCUT2D eigenvalue weighted by atomic mass is 19.4. The van der Waals surface area contributed by atoms with Crippen LogP contribution < -0.4 is 5.32 Å². The quantitative estimate of drug-likeness (QED) is 0.795. The lowest BCUT2D eigenvalue weighted by Gasteiger charge is -2.37. The van der Waals surface area contributed by atoms with Crippen molar-refractivity contribution in [3.05, 3.63) is 0 Å². The summed E-state index contributed by atoms with van der Waals surface area (Å²) in [5.41, 5.74) is 0. The van der Waals surface area contributed by atoms with Gasteiger partial charge in [0.1, 0.15) is 0 Å². The molecule has 0 saturated carbocycles. The molecule has 108 valence electrons. The van der Waals surface area contributed by atoms with Gasteiger partial charge in [0.25, 0.3) is 0 Å². The predicted molar refractivity (Wildman–Crippen MR) is 67.6 cm³/mol. The Morgan fingerprint density at radius 1 is 1.17 bits per heavy atom. The number of rotatable bonds is 6. The van der Waals surface area contributed by atoms with Crippen LogP contribution in [0.3, 0.4) is 0 Å². The molecule has 2 nitrogen and oxygen atoms in total. The van der Waals surface area contributed by atoms with Gasteiger partial charge in [0.05, 0.1) is 6.54 Å². The number of alkyl halides is 3. The molecule has 0 aromatic heterocycles. The van der Waals surface area contributed by atoms with E-state index in [1.54, 1.807) is 4.90 Å². The van der Waals surface area contributed by atoms with E-state index in [9.17, 15) is 13.2 Å². The fourth-order valence-corrected chi connectivity index (χ4v) is 2.62. The minimum atomic E-state index is -4.09. The van der Waals surface area contributed by atoms with E-state index in [2.05, 4.69) is 19.2 Å². The van der Waals surface area contributed by atoms with Gasteiger partial charge >= 0.3 is 6.18 Å². The molecule has 1 aliphatic rings. The minimum Gasteiger partial charge on any atom is -0.317 e. The second-order valence-electron chi connectivity index (χ2n) is 5.21. The van der Waals surface area contributed by atoms with E-state index >= 15 is 0 Å². The summed E-state index contributed by atoms with van der Waals surface area (Å²) in [6.45, 7) is 5.61.